The first kappa shape index (κ1) is 15.5. The van der Waals surface area contributed by atoms with Crippen molar-refractivity contribution in [1.29, 1.82) is 0 Å². The highest BCUT2D eigenvalue weighted by atomic mass is 79.9. The number of aryl methyl sites for hydroxylation is 2. The Morgan fingerprint density at radius 1 is 1.10 bits per heavy atom. The summed E-state index contributed by atoms with van der Waals surface area (Å²) in [7, 11) is -3.64. The summed E-state index contributed by atoms with van der Waals surface area (Å²) in [5, 5.41) is 0. The molecular weight excluding hydrogens is 408 g/mol. The quantitative estimate of drug-likeness (QED) is 0.816. The molecule has 0 atom stereocenters. The van der Waals surface area contributed by atoms with Crippen LogP contribution >= 0.6 is 31.9 Å². The fourth-order valence-corrected chi connectivity index (χ4v) is 3.48. The van der Waals surface area contributed by atoms with E-state index in [4.69, 9.17) is 0 Å². The van der Waals surface area contributed by atoms with Crippen molar-refractivity contribution in [3.8, 4) is 0 Å². The van der Waals surface area contributed by atoms with Crippen molar-refractivity contribution in [1.82, 2.24) is 4.98 Å². The Hall–Kier alpha value is -0.920. The summed E-state index contributed by atoms with van der Waals surface area (Å²) in [6.45, 7) is 3.63. The third-order valence-corrected chi connectivity index (χ3v) is 5.38. The van der Waals surface area contributed by atoms with Crippen molar-refractivity contribution < 1.29 is 8.42 Å². The van der Waals surface area contributed by atoms with E-state index < -0.39 is 10.0 Å². The highest BCUT2D eigenvalue weighted by molar-refractivity contribution is 9.10. The lowest BCUT2D eigenvalue weighted by molar-refractivity contribution is 0.601. The van der Waals surface area contributed by atoms with E-state index in [1.165, 1.54) is 0 Å². The molecule has 2 rings (SSSR count). The maximum atomic E-state index is 12.3. The van der Waals surface area contributed by atoms with Crippen LogP contribution in [0.2, 0.25) is 0 Å². The van der Waals surface area contributed by atoms with Crippen LogP contribution in [0.15, 0.2) is 44.3 Å². The summed E-state index contributed by atoms with van der Waals surface area (Å²) in [6.07, 6.45) is 1.55. The molecule has 0 aliphatic rings. The van der Waals surface area contributed by atoms with E-state index in [0.717, 1.165) is 20.1 Å². The summed E-state index contributed by atoms with van der Waals surface area (Å²) >= 11 is 6.64. The summed E-state index contributed by atoms with van der Waals surface area (Å²) in [6, 6.07) is 6.68. The largest absolute Gasteiger partial charge is 0.263 e. The minimum atomic E-state index is -3.64. The SMILES string of the molecule is Cc1cc(S(=O)(=O)Nc2ncc(Br)cc2C)ccc1Br. The minimum Gasteiger partial charge on any atom is -0.263 e. The molecule has 1 heterocycles. The summed E-state index contributed by atoms with van der Waals surface area (Å²) < 4.78 is 28.8. The van der Waals surface area contributed by atoms with Gasteiger partial charge in [0.1, 0.15) is 5.82 Å². The Morgan fingerprint density at radius 3 is 2.40 bits per heavy atom. The first-order chi connectivity index (χ1) is 9.29. The second kappa shape index (κ2) is 5.83. The zero-order valence-electron chi connectivity index (χ0n) is 10.8. The minimum absolute atomic E-state index is 0.210. The summed E-state index contributed by atoms with van der Waals surface area (Å²) in [5.74, 6) is 0.328. The van der Waals surface area contributed by atoms with E-state index in [0.29, 0.717) is 5.82 Å². The molecule has 0 bridgehead atoms. The Bertz CT molecular complexity index is 761. The molecule has 0 saturated heterocycles. The normalized spacial score (nSPS) is 11.4. The molecule has 4 nitrogen and oxygen atoms in total. The molecule has 1 aromatic carbocycles. The van der Waals surface area contributed by atoms with Crippen LogP contribution in [0.5, 0.6) is 0 Å². The molecular formula is C13H12Br2N2O2S. The Morgan fingerprint density at radius 2 is 1.80 bits per heavy atom. The molecule has 0 amide bonds. The average molecular weight is 420 g/mol. The van der Waals surface area contributed by atoms with E-state index in [1.54, 1.807) is 37.4 Å². The van der Waals surface area contributed by atoms with Gasteiger partial charge in [0.05, 0.1) is 4.90 Å². The number of halogens is 2. The van der Waals surface area contributed by atoms with Crippen molar-refractivity contribution >= 4 is 47.7 Å². The number of sulfonamides is 1. The molecule has 20 heavy (non-hydrogen) atoms. The fraction of sp³-hybridized carbons (Fsp3) is 0.154. The van der Waals surface area contributed by atoms with Gasteiger partial charge in [-0.2, -0.15) is 0 Å². The smallest absolute Gasteiger partial charge is 0.263 e. The molecule has 0 fully saturated rings. The third-order valence-electron chi connectivity index (χ3n) is 2.72. The van der Waals surface area contributed by atoms with Crippen LogP contribution in [-0.4, -0.2) is 13.4 Å². The molecule has 1 aromatic heterocycles. The van der Waals surface area contributed by atoms with Gasteiger partial charge in [0, 0.05) is 15.1 Å². The standard InChI is InChI=1S/C13H12Br2N2O2S/c1-8-6-11(3-4-12(8)15)20(18,19)17-13-9(2)5-10(14)7-16-13/h3-7H,1-2H3,(H,16,17). The second-order valence-corrected chi connectivity index (χ2v) is 7.79. The molecule has 1 N–H and O–H groups in total. The number of pyridine rings is 1. The highest BCUT2D eigenvalue weighted by Gasteiger charge is 2.16. The first-order valence-corrected chi connectivity index (χ1v) is 8.77. The van der Waals surface area contributed by atoms with E-state index in [-0.39, 0.29) is 4.90 Å². The monoisotopic (exact) mass is 418 g/mol. The van der Waals surface area contributed by atoms with Crippen molar-refractivity contribution in [2.75, 3.05) is 4.72 Å². The van der Waals surface area contributed by atoms with Gasteiger partial charge in [0.2, 0.25) is 0 Å². The van der Waals surface area contributed by atoms with Crippen molar-refractivity contribution in [3.05, 3.63) is 50.5 Å². The molecule has 0 aliphatic heterocycles. The van der Waals surface area contributed by atoms with Gasteiger partial charge in [-0.3, -0.25) is 4.72 Å². The highest BCUT2D eigenvalue weighted by Crippen LogP contribution is 2.23. The number of rotatable bonds is 3. The van der Waals surface area contributed by atoms with Crippen molar-refractivity contribution in [2.24, 2.45) is 0 Å². The molecule has 106 valence electrons. The lowest BCUT2D eigenvalue weighted by Gasteiger charge is -2.10. The van der Waals surface area contributed by atoms with Gasteiger partial charge in [-0.15, -0.1) is 0 Å². The maximum Gasteiger partial charge on any atom is 0.263 e. The molecule has 0 saturated carbocycles. The Kier molecular flexibility index (Phi) is 4.51. The van der Waals surface area contributed by atoms with Gasteiger partial charge in [0.25, 0.3) is 10.0 Å². The topological polar surface area (TPSA) is 59.1 Å². The van der Waals surface area contributed by atoms with Crippen molar-refractivity contribution in [3.63, 3.8) is 0 Å². The predicted octanol–water partition coefficient (Wildman–Crippen LogP) is 4.02. The zero-order chi connectivity index (χ0) is 14.9. The average Bonchev–Trinajstić information content (AvgIpc) is 2.36. The fourth-order valence-electron chi connectivity index (χ4n) is 1.62. The zero-order valence-corrected chi connectivity index (χ0v) is 14.8. The molecule has 2 aromatic rings. The molecule has 0 spiro atoms. The van der Waals surface area contributed by atoms with Crippen LogP contribution in [-0.2, 0) is 10.0 Å². The van der Waals surface area contributed by atoms with Crippen molar-refractivity contribution in [2.45, 2.75) is 18.7 Å². The lowest BCUT2D eigenvalue weighted by Crippen LogP contribution is -2.15. The van der Waals surface area contributed by atoms with Crippen LogP contribution in [0.3, 0.4) is 0 Å². The number of aromatic nitrogens is 1. The molecule has 0 unspecified atom stereocenters. The number of anilines is 1. The van der Waals surface area contributed by atoms with Crippen LogP contribution in [0, 0.1) is 13.8 Å². The van der Waals surface area contributed by atoms with Gasteiger partial charge in [-0.25, -0.2) is 13.4 Å². The first-order valence-electron chi connectivity index (χ1n) is 5.71. The van der Waals surface area contributed by atoms with Crippen LogP contribution in [0.4, 0.5) is 5.82 Å². The van der Waals surface area contributed by atoms with Gasteiger partial charge < -0.3 is 0 Å². The van der Waals surface area contributed by atoms with E-state index >= 15 is 0 Å². The van der Waals surface area contributed by atoms with Crippen LogP contribution in [0.1, 0.15) is 11.1 Å². The van der Waals surface area contributed by atoms with Crippen LogP contribution < -0.4 is 4.72 Å². The third kappa shape index (κ3) is 3.39. The maximum absolute atomic E-state index is 12.3. The van der Waals surface area contributed by atoms with Gasteiger partial charge >= 0.3 is 0 Å². The number of nitrogens with zero attached hydrogens (tertiary/aromatic N) is 1. The summed E-state index contributed by atoms with van der Waals surface area (Å²) in [5.41, 5.74) is 1.60. The Balaban J connectivity index is 2.38. The predicted molar refractivity (Wildman–Crippen MR) is 86.4 cm³/mol. The number of hydrogen-bond donors (Lipinski definition) is 1. The van der Waals surface area contributed by atoms with E-state index in [1.807, 2.05) is 6.92 Å². The molecule has 7 heteroatoms. The number of benzene rings is 1. The van der Waals surface area contributed by atoms with Crippen LogP contribution in [0.25, 0.3) is 0 Å². The second-order valence-electron chi connectivity index (χ2n) is 4.34. The number of nitrogens with one attached hydrogen (secondary N) is 1. The van der Waals surface area contributed by atoms with Gasteiger partial charge in [0.15, 0.2) is 0 Å². The molecule has 0 radical (unpaired) electrons. The summed E-state index contributed by atoms with van der Waals surface area (Å²) in [4.78, 5) is 4.29. The van der Waals surface area contributed by atoms with E-state index in [9.17, 15) is 8.42 Å². The lowest BCUT2D eigenvalue weighted by atomic mass is 10.2. The molecule has 0 aliphatic carbocycles. The van der Waals surface area contributed by atoms with Gasteiger partial charge in [-0.1, -0.05) is 15.9 Å². The van der Waals surface area contributed by atoms with Gasteiger partial charge in [-0.05, 0) is 65.2 Å². The number of hydrogen-bond acceptors (Lipinski definition) is 3. The van der Waals surface area contributed by atoms with E-state index in [2.05, 4.69) is 41.6 Å². The Labute approximate surface area is 134 Å².